The van der Waals surface area contributed by atoms with Gasteiger partial charge in [0.2, 0.25) is 0 Å². The van der Waals surface area contributed by atoms with E-state index in [0.717, 1.165) is 12.0 Å². The van der Waals surface area contributed by atoms with Gasteiger partial charge in [0.05, 0.1) is 0 Å². The molecule has 54 valence electrons. The highest BCUT2D eigenvalue weighted by atomic mass is 14.9. The Hall–Kier alpha value is -0.0400. The smallest absolute Gasteiger partial charge is 0.00900 e. The molecule has 1 heterocycles. The lowest BCUT2D eigenvalue weighted by atomic mass is 9.91. The monoisotopic (exact) mass is 127 g/mol. The second-order valence-corrected chi connectivity index (χ2v) is 3.09. The maximum Gasteiger partial charge on any atom is 0.00900 e. The molecule has 0 bridgehead atoms. The van der Waals surface area contributed by atoms with Crippen LogP contribution in [0.15, 0.2) is 0 Å². The zero-order valence-corrected chi connectivity index (χ0v) is 6.48. The summed E-state index contributed by atoms with van der Waals surface area (Å²) in [6, 6.07) is 0.804. The highest BCUT2D eigenvalue weighted by Gasteiger charge is 2.17. The van der Waals surface area contributed by atoms with Crippen LogP contribution in [-0.2, 0) is 0 Å². The molecule has 0 aromatic heterocycles. The van der Waals surface area contributed by atoms with E-state index in [0.29, 0.717) is 0 Å². The molecule has 0 aliphatic carbocycles. The van der Waals surface area contributed by atoms with Crippen LogP contribution in [0.1, 0.15) is 33.1 Å². The van der Waals surface area contributed by atoms with Crippen molar-refractivity contribution in [2.24, 2.45) is 5.92 Å². The normalized spacial score (nSPS) is 36.7. The van der Waals surface area contributed by atoms with Gasteiger partial charge in [-0.15, -0.1) is 0 Å². The topological polar surface area (TPSA) is 12.0 Å². The molecule has 0 aromatic carbocycles. The molecule has 9 heavy (non-hydrogen) atoms. The van der Waals surface area contributed by atoms with Gasteiger partial charge in [-0.05, 0) is 31.7 Å². The summed E-state index contributed by atoms with van der Waals surface area (Å²) in [5.41, 5.74) is 0. The van der Waals surface area contributed by atoms with Crippen LogP contribution >= 0.6 is 0 Å². The number of rotatable bonds is 1. The quantitative estimate of drug-likeness (QED) is 0.566. The summed E-state index contributed by atoms with van der Waals surface area (Å²) < 4.78 is 0. The highest BCUT2D eigenvalue weighted by molar-refractivity contribution is 4.76. The Morgan fingerprint density at radius 2 is 2.33 bits per heavy atom. The van der Waals surface area contributed by atoms with Crippen molar-refractivity contribution in [3.05, 3.63) is 0 Å². The maximum absolute atomic E-state index is 3.52. The van der Waals surface area contributed by atoms with E-state index in [-0.39, 0.29) is 0 Å². The van der Waals surface area contributed by atoms with Crippen LogP contribution in [0.3, 0.4) is 0 Å². The van der Waals surface area contributed by atoms with Crippen LogP contribution in [0.4, 0.5) is 0 Å². The fourth-order valence-electron chi connectivity index (χ4n) is 1.66. The number of piperidine rings is 1. The fourth-order valence-corrected chi connectivity index (χ4v) is 1.66. The molecule has 1 aliphatic heterocycles. The highest BCUT2D eigenvalue weighted by Crippen LogP contribution is 2.16. The van der Waals surface area contributed by atoms with Crippen LogP contribution in [0.25, 0.3) is 0 Å². The maximum atomic E-state index is 3.52. The molecule has 2 unspecified atom stereocenters. The Kier molecular flexibility index (Phi) is 2.52. The molecule has 1 N–H and O–H groups in total. The van der Waals surface area contributed by atoms with Crippen molar-refractivity contribution < 1.29 is 0 Å². The molecule has 1 fully saturated rings. The Morgan fingerprint density at radius 3 is 2.78 bits per heavy atom. The fraction of sp³-hybridized carbons (Fsp3) is 1.00. The van der Waals surface area contributed by atoms with Crippen LogP contribution < -0.4 is 5.32 Å². The molecule has 0 aromatic rings. The predicted octanol–water partition coefficient (Wildman–Crippen LogP) is 1.78. The molecule has 1 heteroatoms. The summed E-state index contributed by atoms with van der Waals surface area (Å²) >= 11 is 0. The van der Waals surface area contributed by atoms with Crippen molar-refractivity contribution in [1.82, 2.24) is 5.32 Å². The van der Waals surface area contributed by atoms with Crippen molar-refractivity contribution in [2.45, 2.75) is 39.2 Å². The summed E-state index contributed by atoms with van der Waals surface area (Å²) in [7, 11) is 0. The van der Waals surface area contributed by atoms with Crippen molar-refractivity contribution in [3.63, 3.8) is 0 Å². The first-order valence-corrected chi connectivity index (χ1v) is 4.08. The molecule has 1 saturated heterocycles. The average Bonchev–Trinajstić information content (AvgIpc) is 1.89. The van der Waals surface area contributed by atoms with Crippen molar-refractivity contribution >= 4 is 0 Å². The third-order valence-corrected chi connectivity index (χ3v) is 2.37. The van der Waals surface area contributed by atoms with Crippen molar-refractivity contribution in [3.8, 4) is 0 Å². The van der Waals surface area contributed by atoms with Crippen molar-refractivity contribution in [1.29, 1.82) is 0 Å². The summed E-state index contributed by atoms with van der Waals surface area (Å²) in [5, 5.41) is 3.52. The molecular formula is C8H17N. The van der Waals surface area contributed by atoms with Gasteiger partial charge in [0.15, 0.2) is 0 Å². The molecule has 0 amide bonds. The minimum atomic E-state index is 0.804. The van der Waals surface area contributed by atoms with Gasteiger partial charge in [0, 0.05) is 6.04 Å². The Morgan fingerprint density at radius 1 is 1.56 bits per heavy atom. The summed E-state index contributed by atoms with van der Waals surface area (Å²) in [6.07, 6.45) is 4.09. The first-order valence-electron chi connectivity index (χ1n) is 4.08. The summed E-state index contributed by atoms with van der Waals surface area (Å²) in [4.78, 5) is 0. The van der Waals surface area contributed by atoms with E-state index in [1.807, 2.05) is 0 Å². The second-order valence-electron chi connectivity index (χ2n) is 3.09. The minimum Gasteiger partial charge on any atom is -0.314 e. The second kappa shape index (κ2) is 3.21. The van der Waals surface area contributed by atoms with E-state index in [2.05, 4.69) is 19.2 Å². The molecule has 0 spiro atoms. The van der Waals surface area contributed by atoms with Crippen LogP contribution in [-0.4, -0.2) is 12.6 Å². The first-order chi connectivity index (χ1) is 4.34. The van der Waals surface area contributed by atoms with Gasteiger partial charge in [-0.25, -0.2) is 0 Å². The Balaban J connectivity index is 2.30. The van der Waals surface area contributed by atoms with E-state index in [1.165, 1.54) is 25.8 Å². The Bertz CT molecular complexity index is 80.6. The largest absolute Gasteiger partial charge is 0.314 e. The number of nitrogens with one attached hydrogen (secondary N) is 1. The molecule has 0 radical (unpaired) electrons. The third kappa shape index (κ3) is 1.68. The van der Waals surface area contributed by atoms with Crippen LogP contribution in [0.2, 0.25) is 0 Å². The Labute approximate surface area is 57.8 Å². The van der Waals surface area contributed by atoms with Crippen LogP contribution in [0.5, 0.6) is 0 Å². The molecule has 1 rings (SSSR count). The van der Waals surface area contributed by atoms with Gasteiger partial charge in [0.1, 0.15) is 0 Å². The predicted molar refractivity (Wildman–Crippen MR) is 40.5 cm³/mol. The molecular weight excluding hydrogens is 110 g/mol. The van der Waals surface area contributed by atoms with Gasteiger partial charge in [0.25, 0.3) is 0 Å². The molecule has 2 atom stereocenters. The van der Waals surface area contributed by atoms with Gasteiger partial charge in [-0.2, -0.15) is 0 Å². The van der Waals surface area contributed by atoms with E-state index in [1.54, 1.807) is 0 Å². The van der Waals surface area contributed by atoms with Gasteiger partial charge in [-0.3, -0.25) is 0 Å². The van der Waals surface area contributed by atoms with Gasteiger partial charge < -0.3 is 5.32 Å². The third-order valence-electron chi connectivity index (χ3n) is 2.37. The average molecular weight is 127 g/mol. The molecule has 1 nitrogen and oxygen atoms in total. The zero-order chi connectivity index (χ0) is 6.69. The van der Waals surface area contributed by atoms with E-state index < -0.39 is 0 Å². The lowest BCUT2D eigenvalue weighted by molar-refractivity contribution is 0.293. The standard InChI is InChI=1S/C8H17N/c1-3-8-7(2)5-4-6-9-8/h7-9H,3-6H2,1-2H3. The minimum absolute atomic E-state index is 0.804. The number of hydrogen-bond acceptors (Lipinski definition) is 1. The van der Waals surface area contributed by atoms with Gasteiger partial charge >= 0.3 is 0 Å². The van der Waals surface area contributed by atoms with E-state index >= 15 is 0 Å². The molecule has 1 aliphatic rings. The van der Waals surface area contributed by atoms with Crippen molar-refractivity contribution in [2.75, 3.05) is 6.54 Å². The van der Waals surface area contributed by atoms with Crippen LogP contribution in [0, 0.1) is 5.92 Å². The lowest BCUT2D eigenvalue weighted by Crippen LogP contribution is -2.39. The first kappa shape index (κ1) is 7.07. The van der Waals surface area contributed by atoms with E-state index in [4.69, 9.17) is 0 Å². The summed E-state index contributed by atoms with van der Waals surface area (Å²) in [5.74, 6) is 0.906. The molecule has 0 saturated carbocycles. The number of hydrogen-bond donors (Lipinski definition) is 1. The van der Waals surface area contributed by atoms with E-state index in [9.17, 15) is 0 Å². The summed E-state index contributed by atoms with van der Waals surface area (Å²) in [6.45, 7) is 5.85. The van der Waals surface area contributed by atoms with Gasteiger partial charge in [-0.1, -0.05) is 13.8 Å². The SMILES string of the molecule is CCC1NCCCC1C. The zero-order valence-electron chi connectivity index (χ0n) is 6.48. The lowest BCUT2D eigenvalue weighted by Gasteiger charge is -2.28.